The van der Waals surface area contributed by atoms with Crippen LogP contribution >= 0.6 is 11.6 Å². The summed E-state index contributed by atoms with van der Waals surface area (Å²) in [5.41, 5.74) is 7.76. The number of hydrogen-bond acceptors (Lipinski definition) is 18. The van der Waals surface area contributed by atoms with Crippen LogP contribution in [0.5, 0.6) is 0 Å². The van der Waals surface area contributed by atoms with E-state index >= 15 is 0 Å². The molecule has 3 aliphatic rings. The smallest absolute Gasteiger partial charge is 0.416 e. The third-order valence-electron chi connectivity index (χ3n) is 18.2. The average Bonchev–Trinajstić information content (AvgIpc) is 1.76. The average molecular weight is 1530 g/mol. The van der Waals surface area contributed by atoms with Gasteiger partial charge in [-0.05, 0) is 151 Å². The number of carbonyl (C=O) groups excluding carboxylic acids is 3. The maximum absolute atomic E-state index is 12.8. The minimum Gasteiger partial charge on any atom is -0.481 e. The molecule has 0 saturated carbocycles. The number of rotatable bonds is 26. The van der Waals surface area contributed by atoms with E-state index in [9.17, 15) is 57.3 Å². The van der Waals surface area contributed by atoms with Gasteiger partial charge in [0.25, 0.3) is 5.91 Å². The molecule has 0 aliphatic carbocycles. The van der Waals surface area contributed by atoms with Crippen molar-refractivity contribution in [1.82, 2.24) is 29.9 Å². The molecular formula is C83H89ClF3N15O9. The number of carboxylic acid groups (broad SMARTS) is 3. The first-order chi connectivity index (χ1) is 53.2. The van der Waals surface area contributed by atoms with Crippen LogP contribution in [0.3, 0.4) is 0 Å². The number of aromatic nitrogens is 6. The number of nitrogens with zero attached hydrogens (tertiary/aromatic N) is 12. The molecule has 0 spiro atoms. The molecule has 6 N–H and O–H groups in total. The van der Waals surface area contributed by atoms with Gasteiger partial charge < -0.3 is 60.7 Å². The molecule has 111 heavy (non-hydrogen) atoms. The van der Waals surface area contributed by atoms with Crippen LogP contribution in [0.25, 0.3) is 12.2 Å². The van der Waals surface area contributed by atoms with Gasteiger partial charge in [-0.2, -0.15) is 13.2 Å². The number of nitrogens with one attached hydrogen (secondary N) is 3. The van der Waals surface area contributed by atoms with Crippen LogP contribution in [0.15, 0.2) is 164 Å². The van der Waals surface area contributed by atoms with Crippen molar-refractivity contribution in [3.63, 3.8) is 0 Å². The highest BCUT2D eigenvalue weighted by Gasteiger charge is 2.31. The molecule has 3 aliphatic heterocycles. The summed E-state index contributed by atoms with van der Waals surface area (Å²) in [6.07, 6.45) is 9.27. The predicted octanol–water partition coefficient (Wildman–Crippen LogP) is 13.3. The Kier molecular flexibility index (Phi) is 28.0. The normalized spacial score (nSPS) is 13.3. The van der Waals surface area contributed by atoms with E-state index in [1.54, 1.807) is 41.3 Å². The van der Waals surface area contributed by atoms with Crippen molar-refractivity contribution in [3.8, 4) is 0 Å². The van der Waals surface area contributed by atoms with E-state index in [1.807, 2.05) is 155 Å². The first-order valence-electron chi connectivity index (χ1n) is 36.3. The Morgan fingerprint density at radius 2 is 0.739 bits per heavy atom. The lowest BCUT2D eigenvalue weighted by Gasteiger charge is -2.24. The Morgan fingerprint density at radius 1 is 0.423 bits per heavy atom. The Hall–Kier alpha value is -12.3. The maximum Gasteiger partial charge on any atom is 0.416 e. The second kappa shape index (κ2) is 38.2. The third-order valence-corrected chi connectivity index (χ3v) is 18.5. The van der Waals surface area contributed by atoms with Crippen LogP contribution in [0.1, 0.15) is 116 Å². The molecular weight excluding hydrogens is 1440 g/mol. The predicted molar refractivity (Wildman–Crippen MR) is 428 cm³/mol. The SMILES string of the molecule is CN(C)c1nc(Cc2ccc(NC(=O)/C=C/c3ccc(Cl)cc3)cc2)nc(N2CCCC2)c1CC(=O)O.CN(C)c1nc(Cc2ccc(NC(=O)/C=C/c3ccccc3)cc2)nc(N2CCCC2)c1CC(=O)O.CN(C)c1nc(Cc2ccc(NC(=O)c3ccc(C(F)(F)F)cc3)cc2)nc(N2CCCC2)c1CC(=O)O. The first kappa shape index (κ1) is 81.3. The van der Waals surface area contributed by atoms with Gasteiger partial charge >= 0.3 is 24.1 Å². The molecule has 578 valence electrons. The molecule has 6 aromatic carbocycles. The number of hydrogen-bond donors (Lipinski definition) is 6. The van der Waals surface area contributed by atoms with Crippen molar-refractivity contribution in [3.05, 3.63) is 242 Å². The Balaban J connectivity index is 0.000000177. The van der Waals surface area contributed by atoms with E-state index in [1.165, 1.54) is 12.2 Å². The fourth-order valence-electron chi connectivity index (χ4n) is 12.9. The lowest BCUT2D eigenvalue weighted by Crippen LogP contribution is -2.26. The minimum atomic E-state index is -4.46. The highest BCUT2D eigenvalue weighted by atomic mass is 35.5. The number of anilines is 9. The van der Waals surface area contributed by atoms with Crippen LogP contribution in [-0.4, -0.2) is 162 Å². The Labute approximate surface area is 647 Å². The number of benzene rings is 6. The molecule has 0 atom stereocenters. The number of aliphatic carboxylic acids is 3. The monoisotopic (exact) mass is 1530 g/mol. The van der Waals surface area contributed by atoms with Crippen LogP contribution < -0.4 is 45.3 Å². The van der Waals surface area contributed by atoms with Crippen molar-refractivity contribution in [2.45, 2.75) is 83.2 Å². The molecule has 24 nitrogen and oxygen atoms in total. The van der Waals surface area contributed by atoms with E-state index in [0.717, 1.165) is 136 Å². The van der Waals surface area contributed by atoms with Crippen molar-refractivity contribution < 1.29 is 57.3 Å². The quantitative estimate of drug-likeness (QED) is 0.0275. The molecule has 3 fully saturated rings. The summed E-state index contributed by atoms with van der Waals surface area (Å²) >= 11 is 5.89. The lowest BCUT2D eigenvalue weighted by atomic mass is 10.1. The van der Waals surface area contributed by atoms with Crippen LogP contribution in [-0.2, 0) is 68.7 Å². The van der Waals surface area contributed by atoms with Gasteiger partial charge in [-0.3, -0.25) is 28.8 Å². The fraction of sp³-hybridized carbons (Fsp3) is 0.301. The molecule has 3 amide bonds. The molecule has 3 saturated heterocycles. The van der Waals surface area contributed by atoms with Gasteiger partial charge in [0.2, 0.25) is 11.8 Å². The molecule has 12 rings (SSSR count). The standard InChI is InChI=1S/C28H30ClN5O3.C28H31N5O3.C27H28F3N5O3/c1-33(2)27-23(18-26(36)37)28(34-15-3-4-16-34)32-24(31-27)17-20-7-12-22(13-8-20)30-25(35)14-9-19-5-10-21(29)11-6-19;1-32(2)27-23(19-26(35)36)28(33-16-6-7-17-33)31-24(30-27)18-21-10-13-22(14-11-21)29-25(34)15-12-20-8-4-3-5-9-20;1-34(2)24-21(16-23(36)37)25(35-13-3-4-14-35)33-22(32-24)15-17-5-11-20(12-6-17)31-26(38)18-7-9-19(10-8-18)27(28,29)30/h5-14H,3-4,15-18H2,1-2H3,(H,30,35)(H,36,37);3-5,8-15H,6-7,16-19H2,1-2H3,(H,29,34)(H,35,36);5-12H,3-4,13-16H2,1-2H3,(H,31,38)(H,36,37)/b14-9+;15-12+;. The molecule has 0 radical (unpaired) electrons. The number of carboxylic acids is 3. The highest BCUT2D eigenvalue weighted by molar-refractivity contribution is 6.30. The molecule has 3 aromatic heterocycles. The summed E-state index contributed by atoms with van der Waals surface area (Å²) in [5.74, 6) is 2.04. The number of halogens is 4. The van der Waals surface area contributed by atoms with E-state index in [-0.39, 0.29) is 36.6 Å². The van der Waals surface area contributed by atoms with Crippen LogP contribution in [0.2, 0.25) is 5.02 Å². The number of alkyl halides is 3. The van der Waals surface area contributed by atoms with E-state index in [0.29, 0.717) is 105 Å². The fourth-order valence-corrected chi connectivity index (χ4v) is 13.0. The van der Waals surface area contributed by atoms with Gasteiger partial charge in [-0.25, -0.2) is 29.9 Å². The summed E-state index contributed by atoms with van der Waals surface area (Å²) in [7, 11) is 11.1. The molecule has 28 heteroatoms. The van der Waals surface area contributed by atoms with Crippen LogP contribution in [0.4, 0.5) is 65.1 Å². The van der Waals surface area contributed by atoms with Gasteiger partial charge in [0.1, 0.15) is 52.4 Å². The molecule has 0 unspecified atom stereocenters. The molecule has 0 bridgehead atoms. The summed E-state index contributed by atoms with van der Waals surface area (Å²) in [6.45, 7) is 5.06. The van der Waals surface area contributed by atoms with Crippen LogP contribution in [0, 0.1) is 0 Å². The van der Waals surface area contributed by atoms with Crippen molar-refractivity contribution >= 4 is 111 Å². The van der Waals surface area contributed by atoms with Gasteiger partial charge in [0.15, 0.2) is 0 Å². The highest BCUT2D eigenvalue weighted by Crippen LogP contribution is 2.35. The summed E-state index contributed by atoms with van der Waals surface area (Å²) in [5, 5.41) is 37.5. The second-order valence-corrected chi connectivity index (χ2v) is 28.0. The first-order valence-corrected chi connectivity index (χ1v) is 36.7. The van der Waals surface area contributed by atoms with Crippen molar-refractivity contribution in [2.75, 3.05) is 127 Å². The summed E-state index contributed by atoms with van der Waals surface area (Å²) < 4.78 is 38.3. The van der Waals surface area contributed by atoms with E-state index < -0.39 is 35.6 Å². The zero-order valence-corrected chi connectivity index (χ0v) is 63.4. The second-order valence-electron chi connectivity index (χ2n) is 27.5. The number of amides is 3. The lowest BCUT2D eigenvalue weighted by molar-refractivity contribution is -0.138. The Morgan fingerprint density at radius 3 is 1.05 bits per heavy atom. The largest absolute Gasteiger partial charge is 0.481 e. The molecule has 6 heterocycles. The topological polar surface area (TPSA) is 296 Å². The summed E-state index contributed by atoms with van der Waals surface area (Å²) in [4.78, 5) is 112. The van der Waals surface area contributed by atoms with Crippen molar-refractivity contribution in [2.24, 2.45) is 0 Å². The van der Waals surface area contributed by atoms with Gasteiger partial charge in [0, 0.05) is 157 Å². The van der Waals surface area contributed by atoms with Gasteiger partial charge in [-0.1, -0.05) is 90.5 Å². The third kappa shape index (κ3) is 23.6. The van der Waals surface area contributed by atoms with Gasteiger partial charge in [-0.15, -0.1) is 0 Å². The maximum atomic E-state index is 12.8. The zero-order chi connectivity index (χ0) is 79.3. The number of carbonyl (C=O) groups is 6. The molecule has 9 aromatic rings. The summed E-state index contributed by atoms with van der Waals surface area (Å²) in [6, 6.07) is 43.1. The van der Waals surface area contributed by atoms with E-state index in [4.69, 9.17) is 36.5 Å². The minimum absolute atomic E-state index is 0.114. The Bertz CT molecular complexity index is 4780. The van der Waals surface area contributed by atoms with Crippen molar-refractivity contribution in [1.29, 1.82) is 0 Å². The zero-order valence-electron chi connectivity index (χ0n) is 62.6. The van der Waals surface area contributed by atoms with Gasteiger partial charge in [0.05, 0.1) is 24.8 Å². The van der Waals surface area contributed by atoms with E-state index in [2.05, 4.69) is 35.6 Å².